The van der Waals surface area contributed by atoms with Gasteiger partial charge in [-0.2, -0.15) is 9.40 Å². The maximum absolute atomic E-state index is 12.5. The first-order valence-corrected chi connectivity index (χ1v) is 11.4. The minimum atomic E-state index is -3.48. The third kappa shape index (κ3) is 5.00. The van der Waals surface area contributed by atoms with Crippen LogP contribution in [0.3, 0.4) is 0 Å². The average molecular weight is 416 g/mol. The lowest BCUT2D eigenvalue weighted by Gasteiger charge is -2.34. The van der Waals surface area contributed by atoms with Gasteiger partial charge >= 0.3 is 5.69 Å². The lowest BCUT2D eigenvalue weighted by molar-refractivity contribution is -0.121. The van der Waals surface area contributed by atoms with Gasteiger partial charge in [-0.3, -0.25) is 9.36 Å². The zero-order valence-corrected chi connectivity index (χ0v) is 17.3. The van der Waals surface area contributed by atoms with Crippen LogP contribution in [0.2, 0.25) is 0 Å². The van der Waals surface area contributed by atoms with E-state index in [1.807, 2.05) is 13.8 Å². The number of amides is 1. The molecule has 158 valence electrons. The van der Waals surface area contributed by atoms with E-state index in [4.69, 9.17) is 4.74 Å². The Balaban J connectivity index is 1.51. The number of carbonyl (C=O) groups is 1. The molecule has 0 saturated carbocycles. The molecule has 0 bridgehead atoms. The summed E-state index contributed by atoms with van der Waals surface area (Å²) >= 11 is 0. The van der Waals surface area contributed by atoms with Crippen molar-refractivity contribution in [3.63, 3.8) is 0 Å². The fraction of sp³-hybridized carbons (Fsp3) is 0.824. The van der Waals surface area contributed by atoms with Crippen LogP contribution in [0.5, 0.6) is 0 Å². The molecule has 1 amide bonds. The number of aryl methyl sites for hydroxylation is 1. The predicted molar refractivity (Wildman–Crippen MR) is 102 cm³/mol. The molecule has 11 heteroatoms. The van der Waals surface area contributed by atoms with E-state index in [0.29, 0.717) is 25.5 Å². The van der Waals surface area contributed by atoms with Crippen molar-refractivity contribution in [2.75, 3.05) is 25.4 Å². The van der Waals surface area contributed by atoms with Crippen molar-refractivity contribution in [3.8, 4) is 0 Å². The highest BCUT2D eigenvalue weighted by Gasteiger charge is 2.30. The zero-order chi connectivity index (χ0) is 20.3. The van der Waals surface area contributed by atoms with Gasteiger partial charge < -0.3 is 10.1 Å². The van der Waals surface area contributed by atoms with Crippen molar-refractivity contribution in [2.45, 2.75) is 64.8 Å². The number of hydrogen-bond donors (Lipinski definition) is 1. The van der Waals surface area contributed by atoms with Crippen molar-refractivity contribution in [1.29, 1.82) is 0 Å². The minimum absolute atomic E-state index is 0.0103. The normalized spacial score (nSPS) is 23.8. The van der Waals surface area contributed by atoms with Gasteiger partial charge in [0.2, 0.25) is 15.9 Å². The number of morpholine rings is 1. The van der Waals surface area contributed by atoms with E-state index < -0.39 is 15.9 Å². The number of hydrogen-bond acceptors (Lipinski definition) is 6. The molecule has 0 spiro atoms. The number of carbonyl (C=O) groups excluding carboxylic acids is 1. The topological polar surface area (TPSA) is 116 Å². The van der Waals surface area contributed by atoms with Gasteiger partial charge in [0.25, 0.3) is 0 Å². The van der Waals surface area contributed by atoms with Crippen LogP contribution in [0.1, 0.15) is 38.9 Å². The molecule has 28 heavy (non-hydrogen) atoms. The van der Waals surface area contributed by atoms with Crippen LogP contribution >= 0.6 is 0 Å². The maximum Gasteiger partial charge on any atom is 0.346 e. The van der Waals surface area contributed by atoms with Crippen LogP contribution in [-0.4, -0.2) is 70.6 Å². The van der Waals surface area contributed by atoms with Crippen LogP contribution in [-0.2, 0) is 39.1 Å². The third-order valence-corrected chi connectivity index (χ3v) is 6.84. The van der Waals surface area contributed by atoms with Crippen molar-refractivity contribution >= 4 is 15.9 Å². The van der Waals surface area contributed by atoms with E-state index in [9.17, 15) is 18.0 Å². The highest BCUT2D eigenvalue weighted by molar-refractivity contribution is 7.89. The van der Waals surface area contributed by atoms with E-state index in [0.717, 1.165) is 30.4 Å². The summed E-state index contributed by atoms with van der Waals surface area (Å²) in [5, 5.41) is 6.85. The molecule has 1 aromatic rings. The molecule has 1 aromatic heterocycles. The summed E-state index contributed by atoms with van der Waals surface area (Å²) in [5.41, 5.74) is -0.282. The van der Waals surface area contributed by atoms with Crippen LogP contribution < -0.4 is 11.0 Å². The van der Waals surface area contributed by atoms with Gasteiger partial charge in [0.15, 0.2) is 0 Å². The number of fused-ring (bicyclic) bond motifs is 1. The second-order valence-electron chi connectivity index (χ2n) is 7.56. The molecule has 0 aliphatic carbocycles. The van der Waals surface area contributed by atoms with Gasteiger partial charge in [-0.25, -0.2) is 17.9 Å². The Hall–Kier alpha value is -1.72. The van der Waals surface area contributed by atoms with Crippen LogP contribution in [0.15, 0.2) is 4.79 Å². The maximum atomic E-state index is 12.5. The number of rotatable bonds is 6. The van der Waals surface area contributed by atoms with E-state index in [1.165, 1.54) is 4.31 Å². The molecular weight excluding hydrogens is 386 g/mol. The summed E-state index contributed by atoms with van der Waals surface area (Å²) in [5.74, 6) is 0.106. The smallest absolute Gasteiger partial charge is 0.346 e. The Morgan fingerprint density at radius 1 is 1.21 bits per heavy atom. The number of nitrogens with zero attached hydrogens (tertiary/aromatic N) is 4. The van der Waals surface area contributed by atoms with Crippen molar-refractivity contribution < 1.29 is 17.9 Å². The molecule has 1 N–H and O–H groups in total. The van der Waals surface area contributed by atoms with Crippen molar-refractivity contribution in [2.24, 2.45) is 0 Å². The predicted octanol–water partition coefficient (Wildman–Crippen LogP) is -0.674. The Bertz CT molecular complexity index is 852. The fourth-order valence-electron chi connectivity index (χ4n) is 3.73. The molecule has 2 unspecified atom stereocenters. The number of ether oxygens (including phenoxy) is 1. The van der Waals surface area contributed by atoms with E-state index in [2.05, 4.69) is 10.4 Å². The van der Waals surface area contributed by atoms with E-state index in [1.54, 1.807) is 4.57 Å². The molecule has 1 saturated heterocycles. The average Bonchev–Trinajstić information content (AvgIpc) is 2.78. The van der Waals surface area contributed by atoms with Crippen molar-refractivity contribution in [1.82, 2.24) is 24.0 Å². The molecule has 0 radical (unpaired) electrons. The Morgan fingerprint density at radius 3 is 2.64 bits per heavy atom. The van der Waals surface area contributed by atoms with Gasteiger partial charge in [0.1, 0.15) is 12.4 Å². The fourth-order valence-corrected chi connectivity index (χ4v) is 5.22. The minimum Gasteiger partial charge on any atom is -0.373 e. The second-order valence-corrected chi connectivity index (χ2v) is 9.65. The largest absolute Gasteiger partial charge is 0.373 e. The molecule has 2 atom stereocenters. The van der Waals surface area contributed by atoms with Gasteiger partial charge in [-0.05, 0) is 26.7 Å². The van der Waals surface area contributed by atoms with Gasteiger partial charge in [-0.15, -0.1) is 0 Å². The molecule has 10 nitrogen and oxygen atoms in total. The highest BCUT2D eigenvalue weighted by Crippen LogP contribution is 2.14. The molecule has 2 aliphatic heterocycles. The molecule has 1 fully saturated rings. The number of aromatic nitrogens is 3. The van der Waals surface area contributed by atoms with Crippen LogP contribution in [0, 0.1) is 0 Å². The summed E-state index contributed by atoms with van der Waals surface area (Å²) in [6, 6.07) is 0. The Labute approximate surface area is 164 Å². The summed E-state index contributed by atoms with van der Waals surface area (Å²) in [7, 11) is -3.48. The highest BCUT2D eigenvalue weighted by atomic mass is 32.2. The quantitative estimate of drug-likeness (QED) is 0.659. The Morgan fingerprint density at radius 2 is 1.93 bits per heavy atom. The number of sulfonamides is 1. The van der Waals surface area contributed by atoms with Crippen molar-refractivity contribution in [3.05, 3.63) is 16.3 Å². The molecule has 2 aliphatic rings. The molecular formula is C17H29N5O5S. The van der Waals surface area contributed by atoms with Crippen LogP contribution in [0.4, 0.5) is 0 Å². The molecule has 0 aromatic carbocycles. The molecule has 3 heterocycles. The van der Waals surface area contributed by atoms with Gasteiger partial charge in [0, 0.05) is 32.6 Å². The first kappa shape index (κ1) is 21.0. The van der Waals surface area contributed by atoms with Gasteiger partial charge in [-0.1, -0.05) is 6.42 Å². The first-order chi connectivity index (χ1) is 13.3. The Kier molecular flexibility index (Phi) is 6.56. The number of nitrogens with one attached hydrogen (secondary N) is 1. The third-order valence-electron chi connectivity index (χ3n) is 5.04. The SMILES string of the molecule is CC1CN(S(=O)(=O)CCNC(=O)Cn2nc3n(c2=O)CCCCC3)CC(C)O1. The lowest BCUT2D eigenvalue weighted by atomic mass is 10.2. The summed E-state index contributed by atoms with van der Waals surface area (Å²) in [6.45, 7) is 4.72. The van der Waals surface area contributed by atoms with Gasteiger partial charge in [0.05, 0.1) is 18.0 Å². The lowest BCUT2D eigenvalue weighted by Crippen LogP contribution is -2.49. The second kappa shape index (κ2) is 8.75. The van der Waals surface area contributed by atoms with Crippen LogP contribution in [0.25, 0.3) is 0 Å². The standard InChI is InChI=1S/C17H29N5O5S/c1-13-10-20(11-14(2)27-13)28(25,26)9-7-18-16(23)12-22-17(24)21-8-5-3-4-6-15(21)19-22/h13-14H,3-12H2,1-2H3,(H,18,23). The summed E-state index contributed by atoms with van der Waals surface area (Å²) in [6.07, 6.45) is 3.41. The monoisotopic (exact) mass is 415 g/mol. The van der Waals surface area contributed by atoms with E-state index >= 15 is 0 Å². The zero-order valence-electron chi connectivity index (χ0n) is 16.5. The summed E-state index contributed by atoms with van der Waals surface area (Å²) < 4.78 is 34.7. The van der Waals surface area contributed by atoms with E-state index in [-0.39, 0.29) is 36.7 Å². The summed E-state index contributed by atoms with van der Waals surface area (Å²) in [4.78, 5) is 24.5. The first-order valence-electron chi connectivity index (χ1n) is 9.83. The molecule has 3 rings (SSSR count).